The van der Waals surface area contributed by atoms with Gasteiger partial charge in [0, 0.05) is 48.8 Å². The Kier molecular flexibility index (Phi) is 8.71. The Balaban J connectivity index is 2.14. The van der Waals surface area contributed by atoms with Crippen molar-refractivity contribution in [1.82, 2.24) is 9.88 Å². The van der Waals surface area contributed by atoms with Gasteiger partial charge >= 0.3 is 6.18 Å². The van der Waals surface area contributed by atoms with E-state index in [0.717, 1.165) is 54.4 Å². The van der Waals surface area contributed by atoms with E-state index in [2.05, 4.69) is 41.6 Å². The van der Waals surface area contributed by atoms with Crippen LogP contribution in [0.3, 0.4) is 0 Å². The molecule has 2 atom stereocenters. The maximum absolute atomic E-state index is 13.5. The first-order valence-corrected chi connectivity index (χ1v) is 12.4. The number of rotatable bonds is 9. The molecule has 3 rings (SSSR count). The van der Waals surface area contributed by atoms with Gasteiger partial charge < -0.3 is 15.0 Å². The fraction of sp³-hybridized carbons (Fsp3) is 0.536. The Morgan fingerprint density at radius 3 is 2.42 bits per heavy atom. The third kappa shape index (κ3) is 5.69. The van der Waals surface area contributed by atoms with Crippen molar-refractivity contribution in [3.05, 3.63) is 59.3 Å². The van der Waals surface area contributed by atoms with Crippen LogP contribution >= 0.6 is 0 Å². The third-order valence-corrected chi connectivity index (χ3v) is 7.18. The molecule has 0 bridgehead atoms. The fourth-order valence-corrected chi connectivity index (χ4v) is 4.87. The van der Waals surface area contributed by atoms with E-state index in [-0.39, 0.29) is 18.5 Å². The lowest BCUT2D eigenvalue weighted by atomic mass is 9.94. The molecule has 0 amide bonds. The number of nitrogens with one attached hydrogen (secondary N) is 1. The number of alkyl halides is 3. The average molecular weight is 503 g/mol. The summed E-state index contributed by atoms with van der Waals surface area (Å²) in [6.07, 6.45) is 3.12. The number of halogens is 3. The van der Waals surface area contributed by atoms with Crippen molar-refractivity contribution in [2.75, 3.05) is 19.8 Å². The number of aromatic nitrogens is 1. The van der Waals surface area contributed by atoms with E-state index in [1.807, 2.05) is 13.0 Å². The van der Waals surface area contributed by atoms with E-state index in [4.69, 9.17) is 10.5 Å². The first kappa shape index (κ1) is 28.0. The van der Waals surface area contributed by atoms with Crippen molar-refractivity contribution in [2.24, 2.45) is 5.73 Å². The maximum Gasteiger partial charge on any atom is 0.406 e. The highest BCUT2D eigenvalue weighted by atomic mass is 19.4. The van der Waals surface area contributed by atoms with Crippen LogP contribution in [-0.2, 0) is 4.74 Å². The smallest absolute Gasteiger partial charge is 0.381 e. The number of hydrogen-bond donors (Lipinski definition) is 2. The molecule has 2 aromatic rings. The average Bonchev–Trinajstić information content (AvgIpc) is 3.13. The Morgan fingerprint density at radius 1 is 1.22 bits per heavy atom. The summed E-state index contributed by atoms with van der Waals surface area (Å²) in [5.41, 5.74) is 8.47. The topological polar surface area (TPSA) is 76.0 Å². The summed E-state index contributed by atoms with van der Waals surface area (Å²) < 4.78 is 48.3. The minimum atomic E-state index is -4.42. The van der Waals surface area contributed by atoms with Crippen molar-refractivity contribution in [3.63, 3.8) is 0 Å². The van der Waals surface area contributed by atoms with Crippen LogP contribution in [0.2, 0.25) is 0 Å². The molecule has 1 saturated heterocycles. The molecule has 0 aliphatic carbocycles. The van der Waals surface area contributed by atoms with Gasteiger partial charge in [0.2, 0.25) is 0 Å². The summed E-state index contributed by atoms with van der Waals surface area (Å²) in [4.78, 5) is 0. The van der Waals surface area contributed by atoms with Gasteiger partial charge in [-0.25, -0.2) is 0 Å². The quantitative estimate of drug-likeness (QED) is 0.415. The van der Waals surface area contributed by atoms with E-state index in [9.17, 15) is 18.4 Å². The molecule has 1 aromatic heterocycles. The van der Waals surface area contributed by atoms with Gasteiger partial charge in [0.25, 0.3) is 0 Å². The zero-order chi connectivity index (χ0) is 26.7. The Bertz CT molecular complexity index is 1150. The van der Waals surface area contributed by atoms with Gasteiger partial charge in [-0.1, -0.05) is 18.2 Å². The second-order valence-electron chi connectivity index (χ2n) is 10.2. The number of aryl methyl sites for hydroxylation is 2. The molecule has 1 fully saturated rings. The minimum absolute atomic E-state index is 0.00324. The zero-order valence-corrected chi connectivity index (χ0v) is 21.6. The number of fused-ring (bicyclic) bond motifs is 1. The summed E-state index contributed by atoms with van der Waals surface area (Å²) in [6, 6.07) is 6.10. The molecular weight excluding hydrogens is 465 g/mol. The number of nitrogens with two attached hydrogens (primary N) is 1. The number of benzene rings is 1. The summed E-state index contributed by atoms with van der Waals surface area (Å²) in [5.74, 6) is -0.252. The highest BCUT2D eigenvalue weighted by molar-refractivity contribution is 5.90. The van der Waals surface area contributed by atoms with Crippen LogP contribution < -0.4 is 11.1 Å². The van der Waals surface area contributed by atoms with E-state index in [0.29, 0.717) is 25.2 Å². The molecule has 5 nitrogen and oxygen atoms in total. The van der Waals surface area contributed by atoms with Crippen LogP contribution in [0.15, 0.2) is 36.9 Å². The molecule has 0 radical (unpaired) electrons. The van der Waals surface area contributed by atoms with Gasteiger partial charge in [-0.15, -0.1) is 6.58 Å². The standard InChI is InChI=1S/C28H37F3N4O/c1-6-7-20(8-9-21(16-32)34-27(4,5)28(29,30)31)26-24(17-33)23-14-18(2)19(3)15-25(23)35(26)22-10-12-36-13-11-22/h6,8-9,14-15,20-22,34H,1,7,10-13,16,32H2,2-5H3/b9-8-/t20-,21?/m0/s1. The zero-order valence-electron chi connectivity index (χ0n) is 21.6. The van der Waals surface area contributed by atoms with Gasteiger partial charge in [0.1, 0.15) is 11.6 Å². The molecule has 8 heteroatoms. The molecule has 0 spiro atoms. The lowest BCUT2D eigenvalue weighted by Gasteiger charge is -2.32. The normalized spacial score (nSPS) is 17.4. The third-order valence-electron chi connectivity index (χ3n) is 7.18. The van der Waals surface area contributed by atoms with Crippen LogP contribution in [0.4, 0.5) is 13.2 Å². The Labute approximate surface area is 211 Å². The number of nitrogens with zero attached hydrogens (tertiary/aromatic N) is 2. The molecule has 196 valence electrons. The lowest BCUT2D eigenvalue weighted by Crippen LogP contribution is -2.56. The predicted molar refractivity (Wildman–Crippen MR) is 138 cm³/mol. The van der Waals surface area contributed by atoms with Crippen molar-refractivity contribution in [2.45, 2.75) is 76.7 Å². The number of hydrogen-bond acceptors (Lipinski definition) is 4. The monoisotopic (exact) mass is 502 g/mol. The summed E-state index contributed by atoms with van der Waals surface area (Å²) in [7, 11) is 0. The highest BCUT2D eigenvalue weighted by Crippen LogP contribution is 2.39. The molecule has 1 unspecified atom stereocenters. The summed E-state index contributed by atoms with van der Waals surface area (Å²) >= 11 is 0. The largest absolute Gasteiger partial charge is 0.406 e. The summed E-state index contributed by atoms with van der Waals surface area (Å²) in [6.45, 7) is 11.5. The predicted octanol–water partition coefficient (Wildman–Crippen LogP) is 5.96. The van der Waals surface area contributed by atoms with Crippen LogP contribution in [0.5, 0.6) is 0 Å². The van der Waals surface area contributed by atoms with Crippen LogP contribution in [0.1, 0.15) is 67.5 Å². The number of nitriles is 1. The van der Waals surface area contributed by atoms with E-state index >= 15 is 0 Å². The second-order valence-corrected chi connectivity index (χ2v) is 10.2. The lowest BCUT2D eigenvalue weighted by molar-refractivity contribution is -0.187. The summed E-state index contributed by atoms with van der Waals surface area (Å²) in [5, 5.41) is 13.8. The molecule has 3 N–H and O–H groups in total. The van der Waals surface area contributed by atoms with E-state index in [1.54, 1.807) is 12.2 Å². The van der Waals surface area contributed by atoms with Crippen LogP contribution in [0.25, 0.3) is 10.9 Å². The van der Waals surface area contributed by atoms with Gasteiger partial charge in [0.15, 0.2) is 0 Å². The number of ether oxygens (including phenoxy) is 1. The molecular formula is C28H37F3N4O. The van der Waals surface area contributed by atoms with Crippen molar-refractivity contribution < 1.29 is 17.9 Å². The molecule has 1 aliphatic rings. The SMILES string of the molecule is C=CC[C@@H](/C=C\C(CN)NC(C)(C)C(F)(F)F)c1c(C#N)c2cc(C)c(C)cc2n1C1CCOCC1. The highest BCUT2D eigenvalue weighted by Gasteiger charge is 2.47. The molecule has 1 aliphatic heterocycles. The minimum Gasteiger partial charge on any atom is -0.381 e. The fourth-order valence-electron chi connectivity index (χ4n) is 4.87. The van der Waals surface area contributed by atoms with E-state index in [1.165, 1.54) is 0 Å². The van der Waals surface area contributed by atoms with Crippen molar-refractivity contribution in [1.29, 1.82) is 5.26 Å². The van der Waals surface area contributed by atoms with Crippen molar-refractivity contribution in [3.8, 4) is 6.07 Å². The molecule has 0 saturated carbocycles. The van der Waals surface area contributed by atoms with Crippen molar-refractivity contribution >= 4 is 10.9 Å². The van der Waals surface area contributed by atoms with Gasteiger partial charge in [-0.3, -0.25) is 5.32 Å². The first-order valence-electron chi connectivity index (χ1n) is 12.4. The first-order chi connectivity index (χ1) is 16.9. The van der Waals surface area contributed by atoms with E-state index < -0.39 is 17.8 Å². The Hall–Kier alpha value is -2.60. The van der Waals surface area contributed by atoms with Gasteiger partial charge in [-0.05, 0) is 70.2 Å². The van der Waals surface area contributed by atoms with Crippen LogP contribution in [-0.4, -0.2) is 42.1 Å². The number of allylic oxidation sites excluding steroid dienone is 2. The van der Waals surface area contributed by atoms with Crippen LogP contribution in [0, 0.1) is 25.2 Å². The Morgan fingerprint density at radius 2 is 1.86 bits per heavy atom. The molecule has 36 heavy (non-hydrogen) atoms. The van der Waals surface area contributed by atoms with Gasteiger partial charge in [0.05, 0.1) is 11.1 Å². The molecule has 2 heterocycles. The molecule has 1 aromatic carbocycles. The second kappa shape index (κ2) is 11.2. The maximum atomic E-state index is 13.5. The van der Waals surface area contributed by atoms with Gasteiger partial charge in [-0.2, -0.15) is 18.4 Å².